The van der Waals surface area contributed by atoms with Crippen LogP contribution in [0, 0.1) is 0 Å². The molecule has 0 fully saturated rings. The molecular formula is C13H12F3N3O2. The molecule has 0 saturated heterocycles. The van der Waals surface area contributed by atoms with Crippen LogP contribution in [-0.4, -0.2) is 40.3 Å². The van der Waals surface area contributed by atoms with Crippen LogP contribution in [0.4, 0.5) is 13.2 Å². The fourth-order valence-corrected chi connectivity index (χ4v) is 1.74. The van der Waals surface area contributed by atoms with Crippen LogP contribution in [0.15, 0.2) is 41.5 Å². The van der Waals surface area contributed by atoms with Crippen LogP contribution in [0.5, 0.6) is 0 Å². The molecule has 0 unspecified atom stereocenters. The monoisotopic (exact) mass is 299 g/mol. The van der Waals surface area contributed by atoms with Gasteiger partial charge in [-0.05, 0) is 12.1 Å². The predicted molar refractivity (Wildman–Crippen MR) is 68.4 cm³/mol. The van der Waals surface area contributed by atoms with Gasteiger partial charge in [-0.1, -0.05) is 6.08 Å². The number of nitrogens with zero attached hydrogens (tertiary/aromatic N) is 2. The standard InChI is InChI=1S/C13H12F3N3O2/c1-2-5-19(8-13(14,15)16)12(20)10-7-9(17-18-10)11-4-3-6-21-11/h2-4,6-7H,1,5,8H2,(H,17,18). The second-order valence-electron chi connectivity index (χ2n) is 4.23. The van der Waals surface area contributed by atoms with Gasteiger partial charge < -0.3 is 9.32 Å². The second kappa shape index (κ2) is 5.86. The van der Waals surface area contributed by atoms with E-state index < -0.39 is 18.6 Å². The molecule has 0 radical (unpaired) electrons. The highest BCUT2D eigenvalue weighted by molar-refractivity contribution is 5.93. The van der Waals surface area contributed by atoms with E-state index in [4.69, 9.17) is 4.42 Å². The third kappa shape index (κ3) is 3.74. The molecule has 2 rings (SSSR count). The Bertz CT molecular complexity index is 617. The van der Waals surface area contributed by atoms with Crippen LogP contribution in [0.1, 0.15) is 10.5 Å². The summed E-state index contributed by atoms with van der Waals surface area (Å²) < 4.78 is 42.5. The zero-order chi connectivity index (χ0) is 15.5. The number of carbonyl (C=O) groups excluding carboxylic acids is 1. The second-order valence-corrected chi connectivity index (χ2v) is 4.23. The lowest BCUT2D eigenvalue weighted by molar-refractivity contribution is -0.139. The lowest BCUT2D eigenvalue weighted by Crippen LogP contribution is -2.39. The first kappa shape index (κ1) is 14.9. The average molecular weight is 299 g/mol. The lowest BCUT2D eigenvalue weighted by Gasteiger charge is -2.21. The molecule has 112 valence electrons. The smallest absolute Gasteiger partial charge is 0.406 e. The van der Waals surface area contributed by atoms with Crippen molar-refractivity contribution in [1.82, 2.24) is 15.1 Å². The Balaban J connectivity index is 2.19. The third-order valence-corrected chi connectivity index (χ3v) is 2.59. The summed E-state index contributed by atoms with van der Waals surface area (Å²) in [4.78, 5) is 12.7. The van der Waals surface area contributed by atoms with Crippen molar-refractivity contribution in [2.24, 2.45) is 0 Å². The number of halogens is 3. The number of aromatic nitrogens is 2. The molecule has 0 aliphatic carbocycles. The minimum Gasteiger partial charge on any atom is -0.463 e. The zero-order valence-electron chi connectivity index (χ0n) is 10.9. The number of aromatic amines is 1. The van der Waals surface area contributed by atoms with Crippen molar-refractivity contribution in [1.29, 1.82) is 0 Å². The quantitative estimate of drug-likeness (QED) is 0.864. The van der Waals surface area contributed by atoms with Gasteiger partial charge in [0.15, 0.2) is 11.5 Å². The van der Waals surface area contributed by atoms with Crippen LogP contribution in [-0.2, 0) is 0 Å². The number of amides is 1. The van der Waals surface area contributed by atoms with Crippen molar-refractivity contribution >= 4 is 5.91 Å². The van der Waals surface area contributed by atoms with E-state index in [1.807, 2.05) is 0 Å². The maximum Gasteiger partial charge on any atom is 0.406 e. The third-order valence-electron chi connectivity index (χ3n) is 2.59. The molecule has 5 nitrogen and oxygen atoms in total. The molecule has 2 aromatic heterocycles. The summed E-state index contributed by atoms with van der Waals surface area (Å²) >= 11 is 0. The van der Waals surface area contributed by atoms with Gasteiger partial charge in [0.05, 0.1) is 6.26 Å². The maximum absolute atomic E-state index is 12.5. The highest BCUT2D eigenvalue weighted by atomic mass is 19.4. The van der Waals surface area contributed by atoms with E-state index in [0.717, 1.165) is 0 Å². The highest BCUT2D eigenvalue weighted by Crippen LogP contribution is 2.21. The van der Waals surface area contributed by atoms with Crippen molar-refractivity contribution in [2.45, 2.75) is 6.18 Å². The van der Waals surface area contributed by atoms with Crippen LogP contribution in [0.25, 0.3) is 11.5 Å². The molecule has 0 aliphatic rings. The summed E-state index contributed by atoms with van der Waals surface area (Å²) in [7, 11) is 0. The Kier molecular flexibility index (Phi) is 4.15. The number of furan rings is 1. The van der Waals surface area contributed by atoms with Crippen molar-refractivity contribution < 1.29 is 22.4 Å². The van der Waals surface area contributed by atoms with Gasteiger partial charge in [0.1, 0.15) is 12.2 Å². The molecule has 0 bridgehead atoms. The van der Waals surface area contributed by atoms with Gasteiger partial charge in [-0.25, -0.2) is 0 Å². The Morgan fingerprint density at radius 3 is 2.86 bits per heavy atom. The van der Waals surface area contributed by atoms with Crippen molar-refractivity contribution in [3.05, 3.63) is 42.8 Å². The van der Waals surface area contributed by atoms with Gasteiger partial charge in [0, 0.05) is 12.6 Å². The minimum absolute atomic E-state index is 0.118. The number of rotatable bonds is 5. The molecule has 0 saturated carbocycles. The number of H-pyrrole nitrogens is 1. The van der Waals surface area contributed by atoms with Crippen LogP contribution in [0.2, 0.25) is 0 Å². The highest BCUT2D eigenvalue weighted by Gasteiger charge is 2.33. The molecule has 2 heterocycles. The normalized spacial score (nSPS) is 11.4. The van der Waals surface area contributed by atoms with Crippen molar-refractivity contribution in [3.8, 4) is 11.5 Å². The van der Waals surface area contributed by atoms with E-state index in [1.165, 1.54) is 18.4 Å². The van der Waals surface area contributed by atoms with Crippen LogP contribution >= 0.6 is 0 Å². The molecular weight excluding hydrogens is 287 g/mol. The number of hydrogen-bond acceptors (Lipinski definition) is 3. The molecule has 8 heteroatoms. The predicted octanol–water partition coefficient (Wildman–Crippen LogP) is 2.86. The van der Waals surface area contributed by atoms with E-state index in [9.17, 15) is 18.0 Å². The molecule has 2 aromatic rings. The van der Waals surface area contributed by atoms with Crippen molar-refractivity contribution in [2.75, 3.05) is 13.1 Å². The van der Waals surface area contributed by atoms with E-state index in [0.29, 0.717) is 16.4 Å². The Morgan fingerprint density at radius 2 is 2.29 bits per heavy atom. The summed E-state index contributed by atoms with van der Waals surface area (Å²) in [6, 6.07) is 4.62. The molecule has 0 atom stereocenters. The maximum atomic E-state index is 12.5. The molecule has 0 aliphatic heterocycles. The molecule has 0 spiro atoms. The van der Waals surface area contributed by atoms with E-state index in [1.54, 1.807) is 12.1 Å². The summed E-state index contributed by atoms with van der Waals surface area (Å²) in [5, 5.41) is 6.28. The Labute approximate surface area is 118 Å². The first-order valence-corrected chi connectivity index (χ1v) is 5.97. The van der Waals surface area contributed by atoms with Gasteiger partial charge in [0.25, 0.3) is 5.91 Å². The van der Waals surface area contributed by atoms with Gasteiger partial charge in [0.2, 0.25) is 0 Å². The first-order valence-electron chi connectivity index (χ1n) is 5.97. The topological polar surface area (TPSA) is 62.1 Å². The van der Waals surface area contributed by atoms with Gasteiger partial charge in [-0.2, -0.15) is 18.3 Å². The average Bonchev–Trinajstić information content (AvgIpc) is 3.06. The largest absolute Gasteiger partial charge is 0.463 e. The number of alkyl halides is 3. The summed E-state index contributed by atoms with van der Waals surface area (Å²) in [6.45, 7) is 1.77. The summed E-state index contributed by atoms with van der Waals surface area (Å²) in [6.07, 6.45) is -1.83. The molecule has 1 amide bonds. The lowest BCUT2D eigenvalue weighted by atomic mass is 10.2. The van der Waals surface area contributed by atoms with E-state index in [2.05, 4.69) is 16.8 Å². The van der Waals surface area contributed by atoms with E-state index >= 15 is 0 Å². The zero-order valence-corrected chi connectivity index (χ0v) is 10.9. The van der Waals surface area contributed by atoms with Gasteiger partial charge in [-0.3, -0.25) is 9.89 Å². The summed E-state index contributed by atoms with van der Waals surface area (Å²) in [5.74, 6) is -0.395. The van der Waals surface area contributed by atoms with E-state index in [-0.39, 0.29) is 12.2 Å². The first-order chi connectivity index (χ1) is 9.90. The molecule has 0 aromatic carbocycles. The fourth-order valence-electron chi connectivity index (χ4n) is 1.74. The number of nitrogens with one attached hydrogen (secondary N) is 1. The molecule has 21 heavy (non-hydrogen) atoms. The van der Waals surface area contributed by atoms with Gasteiger partial charge in [-0.15, -0.1) is 6.58 Å². The van der Waals surface area contributed by atoms with Crippen LogP contribution in [0.3, 0.4) is 0 Å². The Hall–Kier alpha value is -2.51. The molecule has 1 N–H and O–H groups in total. The number of carbonyl (C=O) groups is 1. The summed E-state index contributed by atoms with van der Waals surface area (Å²) in [5.41, 5.74) is 0.293. The minimum atomic E-state index is -4.49. The van der Waals surface area contributed by atoms with Crippen LogP contribution < -0.4 is 0 Å². The Morgan fingerprint density at radius 1 is 1.52 bits per heavy atom. The number of hydrogen-bond donors (Lipinski definition) is 1. The SMILES string of the molecule is C=CCN(CC(F)(F)F)C(=O)c1cc(-c2ccco2)[nH]n1. The fraction of sp³-hybridized carbons (Fsp3) is 0.231. The van der Waals surface area contributed by atoms with Crippen molar-refractivity contribution in [3.63, 3.8) is 0 Å². The van der Waals surface area contributed by atoms with Gasteiger partial charge >= 0.3 is 6.18 Å².